The molecule has 1 aromatic carbocycles. The number of amides is 2. The van der Waals surface area contributed by atoms with Crippen LogP contribution in [0.4, 0.5) is 29.5 Å². The molecule has 0 aliphatic carbocycles. The molecule has 1 aliphatic heterocycles. The number of nitrogens with zero attached hydrogens (tertiary/aromatic N) is 5. The van der Waals surface area contributed by atoms with Crippen molar-refractivity contribution in [3.63, 3.8) is 0 Å². The molecule has 1 saturated heterocycles. The number of pyridine rings is 1. The van der Waals surface area contributed by atoms with Crippen LogP contribution in [0.1, 0.15) is 6.42 Å². The van der Waals surface area contributed by atoms with E-state index in [0.29, 0.717) is 17.2 Å². The third-order valence-corrected chi connectivity index (χ3v) is 5.46. The van der Waals surface area contributed by atoms with Crippen LogP contribution in [0.2, 0.25) is 0 Å². The van der Waals surface area contributed by atoms with E-state index in [9.17, 15) is 18.0 Å². The number of benzene rings is 1. The van der Waals surface area contributed by atoms with Crippen molar-refractivity contribution < 1.29 is 18.0 Å². The van der Waals surface area contributed by atoms with E-state index in [-0.39, 0.29) is 0 Å². The number of imidazole rings is 1. The lowest BCUT2D eigenvalue weighted by Crippen LogP contribution is -2.37. The Morgan fingerprint density at radius 2 is 1.91 bits per heavy atom. The van der Waals surface area contributed by atoms with E-state index in [2.05, 4.69) is 25.2 Å². The van der Waals surface area contributed by atoms with Gasteiger partial charge in [0.2, 0.25) is 0 Å². The molecule has 4 heterocycles. The maximum Gasteiger partial charge on any atom is 0.405 e. The van der Waals surface area contributed by atoms with Gasteiger partial charge in [-0.1, -0.05) is 12.1 Å². The SMILES string of the molecule is O=C(NCC(F)(F)F)Nc1cccc(-c2cnc3cc(-c4nccc(N5CCC5)n4)ccn23)c1. The summed E-state index contributed by atoms with van der Waals surface area (Å²) >= 11 is 0. The van der Waals surface area contributed by atoms with Crippen molar-refractivity contribution in [1.82, 2.24) is 24.7 Å². The molecule has 11 heteroatoms. The first kappa shape index (κ1) is 21.7. The van der Waals surface area contributed by atoms with Crippen molar-refractivity contribution in [3.05, 3.63) is 61.1 Å². The Morgan fingerprint density at radius 1 is 1.06 bits per heavy atom. The van der Waals surface area contributed by atoms with E-state index in [1.54, 1.807) is 35.9 Å². The molecule has 2 amide bonds. The predicted molar refractivity (Wildman–Crippen MR) is 122 cm³/mol. The minimum Gasteiger partial charge on any atom is -0.356 e. The number of hydrogen-bond acceptors (Lipinski definition) is 5. The molecule has 0 atom stereocenters. The van der Waals surface area contributed by atoms with Crippen LogP contribution < -0.4 is 15.5 Å². The molecule has 0 saturated carbocycles. The van der Waals surface area contributed by atoms with Gasteiger partial charge in [-0.2, -0.15) is 13.2 Å². The molecule has 0 spiro atoms. The Morgan fingerprint density at radius 3 is 2.68 bits per heavy atom. The van der Waals surface area contributed by atoms with E-state index in [1.165, 1.54) is 0 Å². The maximum absolute atomic E-state index is 12.3. The molecule has 3 aromatic heterocycles. The third-order valence-electron chi connectivity index (χ3n) is 5.46. The van der Waals surface area contributed by atoms with E-state index >= 15 is 0 Å². The van der Waals surface area contributed by atoms with Gasteiger partial charge >= 0.3 is 12.2 Å². The normalized spacial score (nSPS) is 13.6. The van der Waals surface area contributed by atoms with Crippen molar-refractivity contribution in [3.8, 4) is 22.6 Å². The number of rotatable bonds is 5. The number of hydrogen-bond donors (Lipinski definition) is 2. The molecule has 34 heavy (non-hydrogen) atoms. The van der Waals surface area contributed by atoms with Gasteiger partial charge in [0.05, 0.1) is 11.9 Å². The molecular weight excluding hydrogens is 447 g/mol. The number of anilines is 2. The lowest BCUT2D eigenvalue weighted by atomic mass is 10.1. The summed E-state index contributed by atoms with van der Waals surface area (Å²) in [6, 6.07) is 11.6. The molecular formula is C23H20F3N7O. The number of alkyl halides is 3. The number of aromatic nitrogens is 4. The molecule has 0 bridgehead atoms. The molecule has 2 N–H and O–H groups in total. The summed E-state index contributed by atoms with van der Waals surface area (Å²) in [4.78, 5) is 27.5. The predicted octanol–water partition coefficient (Wildman–Crippen LogP) is 4.35. The smallest absolute Gasteiger partial charge is 0.356 e. The van der Waals surface area contributed by atoms with Crippen LogP contribution in [0.5, 0.6) is 0 Å². The number of carbonyl (C=O) groups is 1. The third kappa shape index (κ3) is 4.63. The number of carbonyl (C=O) groups excluding carboxylic acids is 1. The summed E-state index contributed by atoms with van der Waals surface area (Å²) in [7, 11) is 0. The lowest BCUT2D eigenvalue weighted by Gasteiger charge is -2.31. The zero-order valence-electron chi connectivity index (χ0n) is 17.9. The molecule has 174 valence electrons. The topological polar surface area (TPSA) is 87.4 Å². The first-order chi connectivity index (χ1) is 16.4. The van der Waals surface area contributed by atoms with E-state index < -0.39 is 18.8 Å². The zero-order valence-corrected chi connectivity index (χ0v) is 17.9. The standard InChI is InChI=1S/C23H20F3N7O/c24-23(25,26)14-29-22(34)30-17-4-1-3-15(11-17)18-13-28-20-12-16(6-10-33(18)20)21-27-7-5-19(31-21)32-8-2-9-32/h1,3-7,10-13H,2,8-9,14H2,(H2,29,30,34). The van der Waals surface area contributed by atoms with Crippen molar-refractivity contribution in [1.29, 1.82) is 0 Å². The monoisotopic (exact) mass is 467 g/mol. The fraction of sp³-hybridized carbons (Fsp3) is 0.217. The highest BCUT2D eigenvalue weighted by atomic mass is 19.4. The minimum absolute atomic E-state index is 0.361. The molecule has 5 rings (SSSR count). The summed E-state index contributed by atoms with van der Waals surface area (Å²) in [5.74, 6) is 1.52. The number of urea groups is 1. The average molecular weight is 467 g/mol. The van der Waals surface area contributed by atoms with Crippen LogP contribution >= 0.6 is 0 Å². The van der Waals surface area contributed by atoms with Crippen molar-refractivity contribution in [2.75, 3.05) is 29.9 Å². The van der Waals surface area contributed by atoms with Crippen LogP contribution in [0, 0.1) is 0 Å². The largest absolute Gasteiger partial charge is 0.405 e. The molecule has 0 unspecified atom stereocenters. The highest BCUT2D eigenvalue weighted by Crippen LogP contribution is 2.27. The van der Waals surface area contributed by atoms with Gasteiger partial charge in [-0.05, 0) is 36.8 Å². The molecule has 1 fully saturated rings. The lowest BCUT2D eigenvalue weighted by molar-refractivity contribution is -0.122. The highest BCUT2D eigenvalue weighted by Gasteiger charge is 2.27. The van der Waals surface area contributed by atoms with Crippen LogP contribution in [0.15, 0.2) is 61.1 Å². The van der Waals surface area contributed by atoms with Crippen LogP contribution in [-0.4, -0.2) is 51.2 Å². The van der Waals surface area contributed by atoms with Crippen LogP contribution in [0.3, 0.4) is 0 Å². The quantitative estimate of drug-likeness (QED) is 0.456. The van der Waals surface area contributed by atoms with E-state index in [1.807, 2.05) is 34.9 Å². The van der Waals surface area contributed by atoms with Gasteiger partial charge in [-0.3, -0.25) is 4.40 Å². The second-order valence-corrected chi connectivity index (χ2v) is 7.87. The Hall–Kier alpha value is -4.15. The van der Waals surface area contributed by atoms with Gasteiger partial charge in [0.1, 0.15) is 18.0 Å². The molecule has 4 aromatic rings. The van der Waals surface area contributed by atoms with Crippen molar-refractivity contribution >= 4 is 23.2 Å². The minimum atomic E-state index is -4.48. The summed E-state index contributed by atoms with van der Waals surface area (Å²) in [5.41, 5.74) is 3.39. The first-order valence-electron chi connectivity index (χ1n) is 10.6. The Bertz CT molecular complexity index is 1350. The van der Waals surface area contributed by atoms with E-state index in [4.69, 9.17) is 0 Å². The average Bonchev–Trinajstić information content (AvgIpc) is 3.20. The second kappa shape index (κ2) is 8.65. The Labute approximate surface area is 192 Å². The number of halogens is 3. The highest BCUT2D eigenvalue weighted by molar-refractivity contribution is 5.90. The van der Waals surface area contributed by atoms with Crippen LogP contribution in [0.25, 0.3) is 28.3 Å². The second-order valence-electron chi connectivity index (χ2n) is 7.87. The molecule has 1 aliphatic rings. The van der Waals surface area contributed by atoms with Gasteiger partial charge < -0.3 is 15.5 Å². The maximum atomic E-state index is 12.3. The molecule has 8 nitrogen and oxygen atoms in total. The van der Waals surface area contributed by atoms with Crippen LogP contribution in [-0.2, 0) is 0 Å². The van der Waals surface area contributed by atoms with Crippen molar-refractivity contribution in [2.45, 2.75) is 12.6 Å². The summed E-state index contributed by atoms with van der Waals surface area (Å²) in [5, 5.41) is 4.21. The summed E-state index contributed by atoms with van der Waals surface area (Å²) in [6.45, 7) is 0.590. The fourth-order valence-electron chi connectivity index (χ4n) is 3.66. The van der Waals surface area contributed by atoms with Gasteiger partial charge in [0.25, 0.3) is 0 Å². The van der Waals surface area contributed by atoms with Crippen molar-refractivity contribution in [2.24, 2.45) is 0 Å². The van der Waals surface area contributed by atoms with E-state index in [0.717, 1.165) is 42.1 Å². The number of nitrogens with one attached hydrogen (secondary N) is 2. The summed E-state index contributed by atoms with van der Waals surface area (Å²) in [6.07, 6.45) is 2.00. The Balaban J connectivity index is 1.37. The summed E-state index contributed by atoms with van der Waals surface area (Å²) < 4.78 is 38.8. The fourth-order valence-corrected chi connectivity index (χ4v) is 3.66. The zero-order chi connectivity index (χ0) is 23.7. The van der Waals surface area contributed by atoms with Gasteiger partial charge in [0.15, 0.2) is 5.82 Å². The number of fused-ring (bicyclic) bond motifs is 1. The van der Waals surface area contributed by atoms with Gasteiger partial charge in [-0.15, -0.1) is 0 Å². The Kier molecular flexibility index (Phi) is 5.52. The van der Waals surface area contributed by atoms with Gasteiger partial charge in [0, 0.05) is 42.3 Å². The first-order valence-corrected chi connectivity index (χ1v) is 10.6. The van der Waals surface area contributed by atoms with Gasteiger partial charge in [-0.25, -0.2) is 19.7 Å². The molecule has 0 radical (unpaired) electrons.